The Morgan fingerprint density at radius 2 is 2.07 bits per heavy atom. The normalized spacial score (nSPS) is 12.1. The van der Waals surface area contributed by atoms with E-state index in [1.807, 2.05) is 6.92 Å². The van der Waals surface area contributed by atoms with Gasteiger partial charge in [0, 0.05) is 49.1 Å². The molecule has 0 aromatic rings. The fraction of sp³-hybridized carbons (Fsp3) is 0.889. The van der Waals surface area contributed by atoms with Gasteiger partial charge in [-0.3, -0.25) is 4.21 Å². The molecule has 1 atom stereocenters. The molecule has 4 nitrogen and oxygen atoms in total. The van der Waals surface area contributed by atoms with Crippen molar-refractivity contribution in [3.05, 3.63) is 0 Å². The van der Waals surface area contributed by atoms with E-state index in [4.69, 9.17) is 17.0 Å². The maximum absolute atomic E-state index is 10.7. The summed E-state index contributed by atoms with van der Waals surface area (Å²) in [4.78, 5) is 0. The van der Waals surface area contributed by atoms with Gasteiger partial charge in [0.15, 0.2) is 5.11 Å². The highest BCUT2D eigenvalue weighted by Crippen LogP contribution is 1.80. The van der Waals surface area contributed by atoms with Crippen LogP contribution in [0.3, 0.4) is 0 Å². The first-order valence-corrected chi connectivity index (χ1v) is 7.19. The lowest BCUT2D eigenvalue weighted by atomic mass is 10.4. The van der Waals surface area contributed by atoms with Crippen molar-refractivity contribution < 1.29 is 8.95 Å². The van der Waals surface area contributed by atoms with Crippen LogP contribution in [0.5, 0.6) is 0 Å². The number of thiocarbonyl (C=S) groups is 1. The molecule has 0 amide bonds. The summed E-state index contributed by atoms with van der Waals surface area (Å²) in [6.07, 6.45) is 2.62. The van der Waals surface area contributed by atoms with Crippen LogP contribution in [0.15, 0.2) is 0 Å². The molecule has 0 rings (SSSR count). The summed E-state index contributed by atoms with van der Waals surface area (Å²) in [6, 6.07) is 0. The lowest BCUT2D eigenvalue weighted by Crippen LogP contribution is -2.37. The Hall–Kier alpha value is -0.200. The third-order valence-electron chi connectivity index (χ3n) is 1.63. The highest BCUT2D eigenvalue weighted by atomic mass is 32.2. The van der Waals surface area contributed by atoms with Crippen molar-refractivity contribution in [2.75, 3.05) is 38.3 Å². The van der Waals surface area contributed by atoms with Gasteiger partial charge in [-0.15, -0.1) is 0 Å². The molecule has 0 bridgehead atoms. The van der Waals surface area contributed by atoms with Crippen LogP contribution in [-0.4, -0.2) is 47.6 Å². The van der Waals surface area contributed by atoms with E-state index >= 15 is 0 Å². The van der Waals surface area contributed by atoms with E-state index in [0.29, 0.717) is 17.4 Å². The Labute approximate surface area is 99.6 Å². The first kappa shape index (κ1) is 14.8. The van der Waals surface area contributed by atoms with Gasteiger partial charge in [-0.2, -0.15) is 0 Å². The van der Waals surface area contributed by atoms with Crippen LogP contribution in [0.4, 0.5) is 0 Å². The van der Waals surface area contributed by atoms with Gasteiger partial charge in [-0.05, 0) is 25.6 Å². The van der Waals surface area contributed by atoms with E-state index in [1.165, 1.54) is 0 Å². The molecule has 0 aliphatic heterocycles. The standard InChI is InChI=1S/C9H20N2O2S2/c1-3-13-7-4-5-10-9(14)11-6-8-15(2)12/h3-8H2,1-2H3,(H2,10,11,14). The number of hydrogen-bond acceptors (Lipinski definition) is 3. The van der Waals surface area contributed by atoms with E-state index in [2.05, 4.69) is 10.6 Å². The van der Waals surface area contributed by atoms with Gasteiger partial charge >= 0.3 is 0 Å². The first-order valence-electron chi connectivity index (χ1n) is 5.06. The average Bonchev–Trinajstić information content (AvgIpc) is 2.17. The van der Waals surface area contributed by atoms with Crippen molar-refractivity contribution in [3.63, 3.8) is 0 Å². The maximum atomic E-state index is 10.7. The maximum Gasteiger partial charge on any atom is 0.166 e. The van der Waals surface area contributed by atoms with Crippen LogP contribution in [0, 0.1) is 0 Å². The van der Waals surface area contributed by atoms with Crippen LogP contribution in [0.2, 0.25) is 0 Å². The summed E-state index contributed by atoms with van der Waals surface area (Å²) >= 11 is 5.02. The second-order valence-electron chi connectivity index (χ2n) is 3.01. The third-order valence-corrected chi connectivity index (χ3v) is 2.70. The van der Waals surface area contributed by atoms with Crippen molar-refractivity contribution in [3.8, 4) is 0 Å². The van der Waals surface area contributed by atoms with Crippen molar-refractivity contribution in [2.45, 2.75) is 13.3 Å². The molecule has 90 valence electrons. The van der Waals surface area contributed by atoms with Crippen molar-refractivity contribution >= 4 is 28.1 Å². The van der Waals surface area contributed by atoms with E-state index in [9.17, 15) is 4.21 Å². The Morgan fingerprint density at radius 1 is 1.40 bits per heavy atom. The lowest BCUT2D eigenvalue weighted by molar-refractivity contribution is 0.146. The minimum atomic E-state index is -0.762. The van der Waals surface area contributed by atoms with Crippen molar-refractivity contribution in [1.29, 1.82) is 0 Å². The van der Waals surface area contributed by atoms with Gasteiger partial charge in [-0.1, -0.05) is 0 Å². The summed E-state index contributed by atoms with van der Waals surface area (Å²) in [5, 5.41) is 6.67. The molecule has 0 spiro atoms. The molecule has 15 heavy (non-hydrogen) atoms. The smallest absolute Gasteiger partial charge is 0.166 e. The van der Waals surface area contributed by atoms with Crippen LogP contribution in [0.1, 0.15) is 13.3 Å². The van der Waals surface area contributed by atoms with Crippen LogP contribution < -0.4 is 10.6 Å². The molecule has 2 N–H and O–H groups in total. The zero-order valence-corrected chi connectivity index (χ0v) is 11.0. The molecule has 0 saturated carbocycles. The van der Waals surface area contributed by atoms with Crippen molar-refractivity contribution in [2.24, 2.45) is 0 Å². The SMILES string of the molecule is CCOCCCNC(=S)NCCS(C)=O. The van der Waals surface area contributed by atoms with Gasteiger partial charge in [0.25, 0.3) is 0 Å². The van der Waals surface area contributed by atoms with Crippen LogP contribution in [-0.2, 0) is 15.5 Å². The molecule has 0 radical (unpaired) electrons. The molecule has 1 unspecified atom stereocenters. The predicted octanol–water partition coefficient (Wildman–Crippen LogP) is 0.256. The Bertz CT molecular complexity index is 201. The largest absolute Gasteiger partial charge is 0.382 e. The highest BCUT2D eigenvalue weighted by molar-refractivity contribution is 7.84. The fourth-order valence-corrected chi connectivity index (χ4v) is 1.48. The fourth-order valence-electron chi connectivity index (χ4n) is 0.891. The summed E-state index contributed by atoms with van der Waals surface area (Å²) < 4.78 is 15.9. The minimum absolute atomic E-state index is 0.622. The molecule has 0 saturated heterocycles. The van der Waals surface area contributed by atoms with Gasteiger partial charge in [0.2, 0.25) is 0 Å². The molecule has 0 fully saturated rings. The van der Waals surface area contributed by atoms with Gasteiger partial charge in [-0.25, -0.2) is 0 Å². The molecule has 0 aromatic carbocycles. The number of ether oxygens (including phenoxy) is 1. The Kier molecular flexibility index (Phi) is 10.2. The molecule has 0 aliphatic rings. The molecular formula is C9H20N2O2S2. The topological polar surface area (TPSA) is 50.4 Å². The van der Waals surface area contributed by atoms with E-state index < -0.39 is 10.8 Å². The molecule has 6 heteroatoms. The van der Waals surface area contributed by atoms with Gasteiger partial charge < -0.3 is 15.4 Å². The van der Waals surface area contributed by atoms with Gasteiger partial charge in [0.1, 0.15) is 0 Å². The van der Waals surface area contributed by atoms with E-state index in [0.717, 1.165) is 26.2 Å². The second-order valence-corrected chi connectivity index (χ2v) is 4.97. The summed E-state index contributed by atoms with van der Waals surface area (Å²) in [5.74, 6) is 0.626. The number of nitrogens with one attached hydrogen (secondary N) is 2. The monoisotopic (exact) mass is 252 g/mol. The third kappa shape index (κ3) is 11.7. The number of hydrogen-bond donors (Lipinski definition) is 2. The van der Waals surface area contributed by atoms with Crippen molar-refractivity contribution in [1.82, 2.24) is 10.6 Å². The van der Waals surface area contributed by atoms with E-state index in [-0.39, 0.29) is 0 Å². The quantitative estimate of drug-likeness (QED) is 0.479. The predicted molar refractivity (Wildman–Crippen MR) is 68.6 cm³/mol. The summed E-state index contributed by atoms with van der Waals surface area (Å²) in [5.41, 5.74) is 0. The molecule has 0 heterocycles. The highest BCUT2D eigenvalue weighted by Gasteiger charge is 1.95. The number of rotatable bonds is 8. The Morgan fingerprint density at radius 3 is 2.67 bits per heavy atom. The zero-order chi connectivity index (χ0) is 11.5. The van der Waals surface area contributed by atoms with Crippen LogP contribution >= 0.6 is 12.2 Å². The summed E-state index contributed by atoms with van der Waals surface area (Å²) in [7, 11) is -0.762. The minimum Gasteiger partial charge on any atom is -0.382 e. The first-order chi connectivity index (χ1) is 7.16. The van der Waals surface area contributed by atoms with Gasteiger partial charge in [0.05, 0.1) is 0 Å². The summed E-state index contributed by atoms with van der Waals surface area (Å²) in [6.45, 7) is 4.95. The average molecular weight is 252 g/mol. The zero-order valence-electron chi connectivity index (χ0n) is 9.38. The second kappa shape index (κ2) is 10.3. The van der Waals surface area contributed by atoms with Crippen LogP contribution in [0.25, 0.3) is 0 Å². The molecular weight excluding hydrogens is 232 g/mol. The molecule has 0 aromatic heterocycles. The van der Waals surface area contributed by atoms with E-state index in [1.54, 1.807) is 6.26 Å². The lowest BCUT2D eigenvalue weighted by Gasteiger charge is -2.09. The Balaban J connectivity index is 3.22. The molecule has 0 aliphatic carbocycles.